The van der Waals surface area contributed by atoms with Crippen molar-refractivity contribution in [3.63, 3.8) is 0 Å². The molecule has 0 bridgehead atoms. The van der Waals surface area contributed by atoms with Crippen LogP contribution in [0.2, 0.25) is 0 Å². The first-order chi connectivity index (χ1) is 7.08. The van der Waals surface area contributed by atoms with Crippen LogP contribution in [0, 0.1) is 10.5 Å². The highest BCUT2D eigenvalue weighted by atomic mass is 127. The number of hydrogen-bond donors (Lipinski definition) is 2. The Hall–Kier alpha value is -0.890. The van der Waals surface area contributed by atoms with Crippen LogP contribution in [0.4, 0.5) is 0 Å². The second kappa shape index (κ2) is 3.93. The summed E-state index contributed by atoms with van der Waals surface area (Å²) in [6.45, 7) is 1.97. The molecule has 0 aromatic carbocycles. The number of aromatic nitrogens is 2. The second-order valence-corrected chi connectivity index (χ2v) is 5.33. The Morgan fingerprint density at radius 2 is 2.27 bits per heavy atom. The Morgan fingerprint density at radius 1 is 1.53 bits per heavy atom. The van der Waals surface area contributed by atoms with Crippen LogP contribution < -0.4 is 5.56 Å². The lowest BCUT2D eigenvalue weighted by atomic mass is 10.4. The average molecular weight is 334 g/mol. The fraction of sp³-hybridized carbons (Fsp3) is 0.111. The first-order valence-electron chi connectivity index (χ1n) is 4.13. The summed E-state index contributed by atoms with van der Waals surface area (Å²) >= 11 is 3.28. The summed E-state index contributed by atoms with van der Waals surface area (Å²) in [5.41, 5.74) is -0.316. The summed E-state index contributed by atoms with van der Waals surface area (Å²) in [6.07, 6.45) is 0. The topological polar surface area (TPSA) is 66.0 Å². The van der Waals surface area contributed by atoms with Crippen molar-refractivity contribution < 1.29 is 5.11 Å². The van der Waals surface area contributed by atoms with Crippen molar-refractivity contribution in [3.05, 3.63) is 30.9 Å². The van der Waals surface area contributed by atoms with E-state index in [2.05, 4.69) is 9.97 Å². The number of aryl methyl sites for hydroxylation is 1. The molecule has 0 fully saturated rings. The zero-order valence-corrected chi connectivity index (χ0v) is 10.7. The minimum atomic E-state index is -0.316. The number of aromatic amines is 1. The highest BCUT2D eigenvalue weighted by molar-refractivity contribution is 14.1. The molecule has 0 atom stereocenters. The van der Waals surface area contributed by atoms with Gasteiger partial charge in [-0.15, -0.1) is 11.3 Å². The molecule has 2 aromatic heterocycles. The number of H-pyrrole nitrogens is 1. The van der Waals surface area contributed by atoms with Crippen LogP contribution in [0.15, 0.2) is 16.9 Å². The van der Waals surface area contributed by atoms with Gasteiger partial charge in [-0.25, -0.2) is 0 Å². The standard InChI is InChI=1S/C9H7IN2O2S/c1-4-2-3-5(15-4)7-11-8(13)6(10)9(14)12-7/h2-3H,1H3,(H2,11,12,13,14). The second-order valence-electron chi connectivity index (χ2n) is 2.96. The Morgan fingerprint density at radius 3 is 2.80 bits per heavy atom. The average Bonchev–Trinajstić information content (AvgIpc) is 2.60. The van der Waals surface area contributed by atoms with E-state index in [0.717, 1.165) is 9.75 Å². The number of rotatable bonds is 1. The van der Waals surface area contributed by atoms with Crippen molar-refractivity contribution in [3.8, 4) is 16.6 Å². The Kier molecular flexibility index (Phi) is 2.79. The van der Waals surface area contributed by atoms with Crippen LogP contribution in [0.25, 0.3) is 10.7 Å². The third-order valence-corrected chi connectivity index (χ3v) is 3.80. The van der Waals surface area contributed by atoms with Crippen molar-refractivity contribution in [1.29, 1.82) is 0 Å². The molecule has 0 radical (unpaired) electrons. The SMILES string of the molecule is Cc1ccc(-c2nc(O)c(I)c(=O)[nH]2)s1. The Balaban J connectivity index is 2.60. The van der Waals surface area contributed by atoms with Crippen molar-refractivity contribution >= 4 is 33.9 Å². The highest BCUT2D eigenvalue weighted by Crippen LogP contribution is 2.25. The highest BCUT2D eigenvalue weighted by Gasteiger charge is 2.09. The number of nitrogens with zero attached hydrogens (tertiary/aromatic N) is 1. The zero-order valence-electron chi connectivity index (χ0n) is 7.74. The monoisotopic (exact) mass is 334 g/mol. The van der Waals surface area contributed by atoms with Crippen molar-refractivity contribution in [2.24, 2.45) is 0 Å². The zero-order chi connectivity index (χ0) is 11.0. The lowest BCUT2D eigenvalue weighted by Gasteiger charge is -1.99. The fourth-order valence-electron chi connectivity index (χ4n) is 1.13. The molecule has 0 aliphatic carbocycles. The largest absolute Gasteiger partial charge is 0.492 e. The normalized spacial score (nSPS) is 10.5. The summed E-state index contributed by atoms with van der Waals surface area (Å²) in [5, 5.41) is 9.42. The van der Waals surface area contributed by atoms with E-state index in [4.69, 9.17) is 0 Å². The molecule has 15 heavy (non-hydrogen) atoms. The van der Waals surface area contributed by atoms with Gasteiger partial charge in [0.05, 0.1) is 4.88 Å². The Labute approximate surface area is 103 Å². The first kappa shape index (κ1) is 10.6. The molecule has 4 nitrogen and oxygen atoms in total. The number of aromatic hydroxyl groups is 1. The summed E-state index contributed by atoms with van der Waals surface area (Å²) in [4.78, 5) is 19.9. The van der Waals surface area contributed by atoms with Gasteiger partial charge in [-0.3, -0.25) is 4.79 Å². The van der Waals surface area contributed by atoms with E-state index in [-0.39, 0.29) is 15.0 Å². The smallest absolute Gasteiger partial charge is 0.268 e. The molecule has 0 unspecified atom stereocenters. The van der Waals surface area contributed by atoms with Gasteiger partial charge < -0.3 is 10.1 Å². The maximum Gasteiger partial charge on any atom is 0.268 e. The minimum Gasteiger partial charge on any atom is -0.492 e. The Bertz CT molecular complexity index is 561. The van der Waals surface area contributed by atoms with E-state index >= 15 is 0 Å². The van der Waals surface area contributed by atoms with E-state index in [0.29, 0.717) is 5.82 Å². The molecular weight excluding hydrogens is 327 g/mol. The molecule has 0 saturated carbocycles. The van der Waals surface area contributed by atoms with Crippen LogP contribution >= 0.6 is 33.9 Å². The van der Waals surface area contributed by atoms with E-state index in [1.807, 2.05) is 19.1 Å². The van der Waals surface area contributed by atoms with Crippen LogP contribution in [-0.2, 0) is 0 Å². The third-order valence-electron chi connectivity index (χ3n) is 1.82. The molecule has 2 heterocycles. The van der Waals surface area contributed by atoms with E-state index in [9.17, 15) is 9.90 Å². The molecule has 0 spiro atoms. The van der Waals surface area contributed by atoms with Gasteiger partial charge in [0.2, 0.25) is 5.88 Å². The quantitative estimate of drug-likeness (QED) is 0.785. The van der Waals surface area contributed by atoms with E-state index in [1.54, 1.807) is 22.6 Å². The van der Waals surface area contributed by atoms with E-state index < -0.39 is 0 Å². The minimum absolute atomic E-state index is 0.213. The van der Waals surface area contributed by atoms with Crippen LogP contribution in [0.3, 0.4) is 0 Å². The lowest BCUT2D eigenvalue weighted by molar-refractivity contribution is 0.447. The fourth-order valence-corrected chi connectivity index (χ4v) is 2.19. The van der Waals surface area contributed by atoms with Crippen molar-refractivity contribution in [1.82, 2.24) is 9.97 Å². The summed E-state index contributed by atoms with van der Waals surface area (Å²) in [5.74, 6) is 0.191. The van der Waals surface area contributed by atoms with Crippen molar-refractivity contribution in [2.45, 2.75) is 6.92 Å². The number of halogens is 1. The lowest BCUT2D eigenvalue weighted by Crippen LogP contribution is -2.11. The summed E-state index contributed by atoms with van der Waals surface area (Å²) < 4.78 is 0.213. The van der Waals surface area contributed by atoms with Gasteiger partial charge in [-0.05, 0) is 41.6 Å². The summed E-state index contributed by atoms with van der Waals surface area (Å²) in [7, 11) is 0. The van der Waals surface area contributed by atoms with Gasteiger partial charge in [0.25, 0.3) is 5.56 Å². The molecule has 0 amide bonds. The predicted octanol–water partition coefficient (Wildman–Crippen LogP) is 2.12. The number of thiophene rings is 1. The molecule has 0 aliphatic heterocycles. The van der Waals surface area contributed by atoms with Gasteiger partial charge >= 0.3 is 0 Å². The first-order valence-corrected chi connectivity index (χ1v) is 6.03. The van der Waals surface area contributed by atoms with Crippen LogP contribution in [0.5, 0.6) is 5.88 Å². The van der Waals surface area contributed by atoms with E-state index in [1.165, 1.54) is 11.3 Å². The molecule has 0 saturated heterocycles. The van der Waals surface area contributed by atoms with Gasteiger partial charge in [-0.1, -0.05) is 0 Å². The maximum atomic E-state index is 11.4. The molecule has 0 aliphatic rings. The molecule has 2 N–H and O–H groups in total. The maximum absolute atomic E-state index is 11.4. The third kappa shape index (κ3) is 2.05. The summed E-state index contributed by atoms with van der Waals surface area (Å²) in [6, 6.07) is 3.81. The molecule has 2 aromatic rings. The molecule has 78 valence electrons. The molecule has 2 rings (SSSR count). The van der Waals surface area contributed by atoms with Crippen molar-refractivity contribution in [2.75, 3.05) is 0 Å². The molecule has 6 heteroatoms. The van der Waals surface area contributed by atoms with Gasteiger partial charge in [-0.2, -0.15) is 4.98 Å². The molecular formula is C9H7IN2O2S. The van der Waals surface area contributed by atoms with Gasteiger partial charge in [0, 0.05) is 4.88 Å². The predicted molar refractivity (Wildman–Crippen MR) is 67.3 cm³/mol. The van der Waals surface area contributed by atoms with Gasteiger partial charge in [0.15, 0.2) is 5.82 Å². The number of hydrogen-bond acceptors (Lipinski definition) is 4. The number of nitrogens with one attached hydrogen (secondary N) is 1. The van der Waals surface area contributed by atoms with Crippen LogP contribution in [-0.4, -0.2) is 15.1 Å². The van der Waals surface area contributed by atoms with Crippen LogP contribution in [0.1, 0.15) is 4.88 Å². The van der Waals surface area contributed by atoms with Gasteiger partial charge in [0.1, 0.15) is 3.57 Å².